The van der Waals surface area contributed by atoms with E-state index >= 15 is 0 Å². The molecule has 1 aliphatic rings. The van der Waals surface area contributed by atoms with Crippen LogP contribution in [0.1, 0.15) is 16.7 Å². The van der Waals surface area contributed by atoms with Crippen molar-refractivity contribution in [3.63, 3.8) is 0 Å². The standard InChI is InChI=1S/C12H17NO2S/c1-8-3-4-11(16-8)7-13-5-10(6-13)9(2)12(14)15/h3-4,9-10H,5-7H2,1-2H3,(H,14,15). The molecule has 1 aliphatic heterocycles. The zero-order chi connectivity index (χ0) is 11.7. The normalized spacial score (nSPS) is 19.4. The third-order valence-electron chi connectivity index (χ3n) is 3.26. The van der Waals surface area contributed by atoms with Crippen molar-refractivity contribution in [3.8, 4) is 0 Å². The molecular weight excluding hydrogens is 222 g/mol. The lowest BCUT2D eigenvalue weighted by molar-refractivity contribution is -0.145. The molecule has 0 spiro atoms. The highest BCUT2D eigenvalue weighted by Gasteiger charge is 2.34. The summed E-state index contributed by atoms with van der Waals surface area (Å²) in [5.41, 5.74) is 0. The fraction of sp³-hybridized carbons (Fsp3) is 0.583. The number of carbonyl (C=O) groups is 1. The summed E-state index contributed by atoms with van der Waals surface area (Å²) in [7, 11) is 0. The van der Waals surface area contributed by atoms with Crippen molar-refractivity contribution < 1.29 is 9.90 Å². The maximum atomic E-state index is 10.8. The maximum Gasteiger partial charge on any atom is 0.306 e. The van der Waals surface area contributed by atoms with Crippen LogP contribution in [0.25, 0.3) is 0 Å². The first-order chi connectivity index (χ1) is 7.56. The topological polar surface area (TPSA) is 40.5 Å². The lowest BCUT2D eigenvalue weighted by Gasteiger charge is -2.41. The van der Waals surface area contributed by atoms with Gasteiger partial charge >= 0.3 is 5.97 Å². The number of carboxylic acid groups (broad SMARTS) is 1. The summed E-state index contributed by atoms with van der Waals surface area (Å²) in [6, 6.07) is 4.30. The molecule has 88 valence electrons. The first-order valence-corrected chi connectivity index (χ1v) is 6.38. The predicted molar refractivity (Wildman–Crippen MR) is 64.6 cm³/mol. The van der Waals surface area contributed by atoms with Crippen LogP contribution in [0.4, 0.5) is 0 Å². The number of nitrogens with zero attached hydrogens (tertiary/aromatic N) is 1. The molecule has 0 radical (unpaired) electrons. The van der Waals surface area contributed by atoms with Crippen molar-refractivity contribution in [1.29, 1.82) is 0 Å². The smallest absolute Gasteiger partial charge is 0.306 e. The molecule has 2 heterocycles. The fourth-order valence-corrected chi connectivity index (χ4v) is 2.98. The highest BCUT2D eigenvalue weighted by molar-refractivity contribution is 7.11. The van der Waals surface area contributed by atoms with Crippen LogP contribution in [0, 0.1) is 18.8 Å². The van der Waals surface area contributed by atoms with E-state index in [1.165, 1.54) is 9.75 Å². The van der Waals surface area contributed by atoms with E-state index in [4.69, 9.17) is 5.11 Å². The molecule has 1 fully saturated rings. The quantitative estimate of drug-likeness (QED) is 0.875. The van der Waals surface area contributed by atoms with Gasteiger partial charge in [0.15, 0.2) is 0 Å². The van der Waals surface area contributed by atoms with Crippen LogP contribution in [-0.4, -0.2) is 29.1 Å². The Balaban J connectivity index is 1.79. The number of aliphatic carboxylic acids is 1. The van der Waals surface area contributed by atoms with Gasteiger partial charge in [-0.1, -0.05) is 6.92 Å². The predicted octanol–water partition coefficient (Wildman–Crippen LogP) is 2.21. The molecule has 16 heavy (non-hydrogen) atoms. The highest BCUT2D eigenvalue weighted by Crippen LogP contribution is 2.27. The van der Waals surface area contributed by atoms with Gasteiger partial charge in [-0.2, -0.15) is 0 Å². The number of hydrogen-bond donors (Lipinski definition) is 1. The summed E-state index contributed by atoms with van der Waals surface area (Å²) >= 11 is 1.82. The van der Waals surface area contributed by atoms with E-state index < -0.39 is 5.97 Å². The Kier molecular flexibility index (Phi) is 3.30. The molecule has 1 aromatic rings. The number of hydrogen-bond acceptors (Lipinski definition) is 3. The first-order valence-electron chi connectivity index (χ1n) is 5.56. The van der Waals surface area contributed by atoms with E-state index in [0.29, 0.717) is 5.92 Å². The molecule has 3 nitrogen and oxygen atoms in total. The lowest BCUT2D eigenvalue weighted by atomic mass is 9.87. The molecule has 0 bridgehead atoms. The molecule has 1 N–H and O–H groups in total. The van der Waals surface area contributed by atoms with Crippen LogP contribution in [-0.2, 0) is 11.3 Å². The summed E-state index contributed by atoms with van der Waals surface area (Å²) in [5.74, 6) is -0.545. The van der Waals surface area contributed by atoms with Crippen LogP contribution in [0.15, 0.2) is 12.1 Å². The van der Waals surface area contributed by atoms with Gasteiger partial charge in [-0.25, -0.2) is 0 Å². The monoisotopic (exact) mass is 239 g/mol. The van der Waals surface area contributed by atoms with Gasteiger partial charge in [0, 0.05) is 29.4 Å². The molecule has 0 amide bonds. The van der Waals surface area contributed by atoms with Gasteiger partial charge in [-0.15, -0.1) is 11.3 Å². The average Bonchev–Trinajstić information content (AvgIpc) is 2.56. The second-order valence-corrected chi connectivity index (χ2v) is 5.97. The third kappa shape index (κ3) is 2.44. The fourth-order valence-electron chi connectivity index (χ4n) is 2.05. The van der Waals surface area contributed by atoms with Crippen LogP contribution in [0.3, 0.4) is 0 Å². The number of aryl methyl sites for hydroxylation is 1. The number of rotatable bonds is 4. The Morgan fingerprint density at radius 3 is 2.81 bits per heavy atom. The molecular formula is C12H17NO2S. The van der Waals surface area contributed by atoms with E-state index in [1.807, 2.05) is 11.3 Å². The molecule has 1 atom stereocenters. The minimum absolute atomic E-state index is 0.207. The molecule has 1 saturated heterocycles. The summed E-state index contributed by atoms with van der Waals surface area (Å²) in [4.78, 5) is 15.8. The summed E-state index contributed by atoms with van der Waals surface area (Å²) in [6.07, 6.45) is 0. The van der Waals surface area contributed by atoms with Gasteiger partial charge in [0.1, 0.15) is 0 Å². The molecule has 0 aliphatic carbocycles. The van der Waals surface area contributed by atoms with Gasteiger partial charge in [-0.3, -0.25) is 9.69 Å². The third-order valence-corrected chi connectivity index (χ3v) is 4.24. The van der Waals surface area contributed by atoms with Crippen LogP contribution >= 0.6 is 11.3 Å². The molecule has 0 aromatic carbocycles. The van der Waals surface area contributed by atoms with E-state index in [1.54, 1.807) is 6.92 Å². The second kappa shape index (κ2) is 4.55. The molecule has 0 saturated carbocycles. The second-order valence-electron chi connectivity index (χ2n) is 4.59. The number of carboxylic acids is 1. The van der Waals surface area contributed by atoms with Crippen LogP contribution in [0.2, 0.25) is 0 Å². The minimum Gasteiger partial charge on any atom is -0.481 e. The SMILES string of the molecule is Cc1ccc(CN2CC(C(C)C(=O)O)C2)s1. The molecule has 1 aromatic heterocycles. The van der Waals surface area contributed by atoms with Crippen molar-refractivity contribution in [1.82, 2.24) is 4.90 Å². The van der Waals surface area contributed by atoms with Gasteiger partial charge in [0.25, 0.3) is 0 Å². The zero-order valence-electron chi connectivity index (χ0n) is 9.64. The van der Waals surface area contributed by atoms with Crippen molar-refractivity contribution in [3.05, 3.63) is 21.9 Å². The van der Waals surface area contributed by atoms with Gasteiger partial charge in [-0.05, 0) is 25.0 Å². The summed E-state index contributed by atoms with van der Waals surface area (Å²) in [5, 5.41) is 8.88. The molecule has 2 rings (SSSR count). The summed E-state index contributed by atoms with van der Waals surface area (Å²) < 4.78 is 0. The van der Waals surface area contributed by atoms with Crippen molar-refractivity contribution in [2.24, 2.45) is 11.8 Å². The van der Waals surface area contributed by atoms with E-state index in [0.717, 1.165) is 19.6 Å². The summed E-state index contributed by atoms with van der Waals surface area (Å²) in [6.45, 7) is 6.73. The number of likely N-dealkylation sites (tertiary alicyclic amines) is 1. The molecule has 1 unspecified atom stereocenters. The largest absolute Gasteiger partial charge is 0.481 e. The van der Waals surface area contributed by atoms with Crippen molar-refractivity contribution in [2.75, 3.05) is 13.1 Å². The maximum absolute atomic E-state index is 10.8. The Hall–Kier alpha value is -0.870. The Morgan fingerprint density at radius 2 is 2.31 bits per heavy atom. The van der Waals surface area contributed by atoms with Crippen molar-refractivity contribution in [2.45, 2.75) is 20.4 Å². The van der Waals surface area contributed by atoms with E-state index in [9.17, 15) is 4.79 Å². The Morgan fingerprint density at radius 1 is 1.62 bits per heavy atom. The molecule has 4 heteroatoms. The first kappa shape index (κ1) is 11.6. The van der Waals surface area contributed by atoms with E-state index in [-0.39, 0.29) is 5.92 Å². The zero-order valence-corrected chi connectivity index (χ0v) is 10.5. The van der Waals surface area contributed by atoms with Gasteiger partial charge < -0.3 is 5.11 Å². The number of thiophene rings is 1. The lowest BCUT2D eigenvalue weighted by Crippen LogP contribution is -2.50. The van der Waals surface area contributed by atoms with Gasteiger partial charge in [0.05, 0.1) is 5.92 Å². The van der Waals surface area contributed by atoms with Gasteiger partial charge in [0.2, 0.25) is 0 Å². The highest BCUT2D eigenvalue weighted by atomic mass is 32.1. The Labute approximate surface area is 99.7 Å². The van der Waals surface area contributed by atoms with Crippen LogP contribution in [0.5, 0.6) is 0 Å². The van der Waals surface area contributed by atoms with Crippen LogP contribution < -0.4 is 0 Å². The minimum atomic E-state index is -0.670. The Bertz CT molecular complexity index is 382. The van der Waals surface area contributed by atoms with E-state index in [2.05, 4.69) is 24.0 Å². The van der Waals surface area contributed by atoms with Crippen molar-refractivity contribution >= 4 is 17.3 Å². The average molecular weight is 239 g/mol.